The molecule has 1 aromatic heterocycles. The molecule has 0 saturated heterocycles. The first-order valence-corrected chi connectivity index (χ1v) is 6.35. The van der Waals surface area contributed by atoms with Gasteiger partial charge in [0.05, 0.1) is 11.1 Å². The second kappa shape index (κ2) is 4.70. The van der Waals surface area contributed by atoms with Gasteiger partial charge in [0, 0.05) is 10.7 Å². The minimum Gasteiger partial charge on any atom is -0.388 e. The first-order chi connectivity index (χ1) is 8.43. The highest BCUT2D eigenvalue weighted by Crippen LogP contribution is 2.28. The molecule has 106 valence electrons. The molecule has 0 radical (unpaired) electrons. The van der Waals surface area contributed by atoms with Gasteiger partial charge in [-0.3, -0.25) is 14.9 Å². The van der Waals surface area contributed by atoms with E-state index in [9.17, 15) is 36.5 Å². The van der Waals surface area contributed by atoms with Crippen molar-refractivity contribution < 1.29 is 31.2 Å². The first-order valence-electron chi connectivity index (χ1n) is 4.04. The number of hydrogen-bond acceptors (Lipinski definition) is 6. The number of H-pyrrole nitrogens is 1. The Hall–Kier alpha value is -1.82. The van der Waals surface area contributed by atoms with Crippen molar-refractivity contribution in [1.29, 1.82) is 0 Å². The number of nitrogens with one attached hydrogen (secondary N) is 1. The fourth-order valence-electron chi connectivity index (χ4n) is 1.03. The summed E-state index contributed by atoms with van der Waals surface area (Å²) >= 11 is 0. The van der Waals surface area contributed by atoms with Gasteiger partial charge in [-0.05, 0) is 0 Å². The molecular weight excluding hydrogens is 321 g/mol. The number of aromatic amines is 1. The highest BCUT2D eigenvalue weighted by molar-refractivity contribution is 8.13. The lowest BCUT2D eigenvalue weighted by atomic mass is 10.4. The third-order valence-corrected chi connectivity index (χ3v) is 2.96. The fourth-order valence-corrected chi connectivity index (χ4v) is 2.10. The van der Waals surface area contributed by atoms with Gasteiger partial charge in [0.1, 0.15) is 0 Å². The summed E-state index contributed by atoms with van der Waals surface area (Å²) in [7, 11) is -0.237. The first kappa shape index (κ1) is 15.2. The maximum Gasteiger partial charge on any atom is 0.574 e. The van der Waals surface area contributed by atoms with Crippen LogP contribution in [0.15, 0.2) is 15.9 Å². The molecule has 0 saturated carbocycles. The highest BCUT2D eigenvalue weighted by atomic mass is 35.7. The topological polar surface area (TPSA) is 119 Å². The van der Waals surface area contributed by atoms with Crippen LogP contribution in [0.5, 0.6) is 5.88 Å². The van der Waals surface area contributed by atoms with Crippen LogP contribution in [-0.2, 0) is 9.05 Å². The predicted molar refractivity (Wildman–Crippen MR) is 53.4 cm³/mol. The Morgan fingerprint density at radius 1 is 1.42 bits per heavy atom. The van der Waals surface area contributed by atoms with Crippen molar-refractivity contribution in [2.45, 2.75) is 11.3 Å². The normalized spacial score (nSPS) is 12.2. The number of ether oxygens (including phenoxy) is 1. The minimum atomic E-state index is -5.32. The quantitative estimate of drug-likeness (QED) is 0.505. The molecule has 13 heteroatoms. The summed E-state index contributed by atoms with van der Waals surface area (Å²) in [4.78, 5) is 20.3. The Labute approximate surface area is 106 Å². The predicted octanol–water partition coefficient (Wildman–Crippen LogP) is 1.11. The standard InChI is InChI=1S/C6H2ClF3N2O6S/c7-19(16,17)4-3(13)2(12(14)15)1-11-5(4)18-6(8,9)10/h1H,(H,11,13). The lowest BCUT2D eigenvalue weighted by Gasteiger charge is -2.10. The van der Waals surface area contributed by atoms with Gasteiger partial charge in [-0.15, -0.1) is 13.2 Å². The summed E-state index contributed by atoms with van der Waals surface area (Å²) in [6, 6.07) is 0. The largest absolute Gasteiger partial charge is 0.574 e. The monoisotopic (exact) mass is 322 g/mol. The third-order valence-electron chi connectivity index (χ3n) is 1.64. The number of aromatic nitrogens is 1. The van der Waals surface area contributed by atoms with Gasteiger partial charge in [-0.25, -0.2) is 8.42 Å². The molecule has 0 atom stereocenters. The summed E-state index contributed by atoms with van der Waals surface area (Å²) < 4.78 is 61.2. The molecule has 0 aliphatic carbocycles. The van der Waals surface area contributed by atoms with Crippen LogP contribution in [0.25, 0.3) is 0 Å². The van der Waals surface area contributed by atoms with Gasteiger partial charge in [-0.1, -0.05) is 0 Å². The zero-order valence-corrected chi connectivity index (χ0v) is 9.97. The molecule has 1 N–H and O–H groups in total. The molecule has 8 nitrogen and oxygen atoms in total. The van der Waals surface area contributed by atoms with Gasteiger partial charge in [0.2, 0.25) is 5.88 Å². The van der Waals surface area contributed by atoms with E-state index < -0.39 is 42.2 Å². The minimum absolute atomic E-state index is 0.259. The molecule has 0 aliphatic heterocycles. The van der Waals surface area contributed by atoms with Crippen LogP contribution < -0.4 is 10.2 Å². The van der Waals surface area contributed by atoms with Gasteiger partial charge in [0.15, 0.2) is 4.90 Å². The van der Waals surface area contributed by atoms with E-state index in [0.29, 0.717) is 0 Å². The highest BCUT2D eigenvalue weighted by Gasteiger charge is 2.37. The Morgan fingerprint density at radius 3 is 2.32 bits per heavy atom. The van der Waals surface area contributed by atoms with Crippen molar-refractivity contribution >= 4 is 25.4 Å². The summed E-state index contributed by atoms with van der Waals surface area (Å²) in [6.45, 7) is 0. The van der Waals surface area contributed by atoms with Gasteiger partial charge < -0.3 is 9.72 Å². The average molecular weight is 323 g/mol. The van der Waals surface area contributed by atoms with Crippen LogP contribution in [-0.4, -0.2) is 24.7 Å². The fraction of sp³-hybridized carbons (Fsp3) is 0.167. The Kier molecular flexibility index (Phi) is 3.77. The second-order valence-corrected chi connectivity index (χ2v) is 5.41. The SMILES string of the molecule is O=c1c([N+](=O)[O-])c[nH]c(OC(F)(F)F)c1S(=O)(=O)Cl. The van der Waals surface area contributed by atoms with Crippen LogP contribution in [0.4, 0.5) is 18.9 Å². The molecule has 0 aliphatic rings. The zero-order valence-electron chi connectivity index (χ0n) is 8.39. The molecule has 0 aromatic carbocycles. The molecule has 0 amide bonds. The number of pyridine rings is 1. The van der Waals surface area contributed by atoms with E-state index in [1.54, 1.807) is 4.98 Å². The van der Waals surface area contributed by atoms with Crippen LogP contribution in [0, 0.1) is 10.1 Å². The van der Waals surface area contributed by atoms with Gasteiger partial charge in [0.25, 0.3) is 14.5 Å². The van der Waals surface area contributed by atoms with E-state index in [2.05, 4.69) is 4.74 Å². The third kappa shape index (κ3) is 3.57. The summed E-state index contributed by atoms with van der Waals surface area (Å²) in [5.74, 6) is -1.56. The molecule has 0 fully saturated rings. The summed E-state index contributed by atoms with van der Waals surface area (Å²) in [5, 5.41) is 10.4. The molecular formula is C6H2ClF3N2O6S. The average Bonchev–Trinajstić information content (AvgIpc) is 2.11. The van der Waals surface area contributed by atoms with E-state index in [1.807, 2.05) is 0 Å². The Balaban J connectivity index is 3.65. The molecule has 0 bridgehead atoms. The van der Waals surface area contributed by atoms with Crippen molar-refractivity contribution in [3.63, 3.8) is 0 Å². The van der Waals surface area contributed by atoms with Crippen LogP contribution in [0.2, 0.25) is 0 Å². The Bertz CT molecular complexity index is 681. The zero-order chi connectivity index (χ0) is 15.0. The van der Waals surface area contributed by atoms with E-state index in [-0.39, 0.29) is 6.20 Å². The van der Waals surface area contributed by atoms with Crippen molar-refractivity contribution in [2.24, 2.45) is 0 Å². The number of nitrogens with zero attached hydrogens (tertiary/aromatic N) is 1. The molecule has 19 heavy (non-hydrogen) atoms. The van der Waals surface area contributed by atoms with Crippen LogP contribution in [0.3, 0.4) is 0 Å². The molecule has 1 rings (SSSR count). The lowest BCUT2D eigenvalue weighted by Crippen LogP contribution is -2.24. The maximum absolute atomic E-state index is 12.0. The molecule has 0 spiro atoms. The van der Waals surface area contributed by atoms with E-state index >= 15 is 0 Å². The molecule has 1 aromatic rings. The Morgan fingerprint density at radius 2 is 1.95 bits per heavy atom. The maximum atomic E-state index is 12.0. The van der Waals surface area contributed by atoms with Crippen molar-refractivity contribution in [3.05, 3.63) is 26.5 Å². The van der Waals surface area contributed by atoms with Gasteiger partial charge in [-0.2, -0.15) is 0 Å². The van der Waals surface area contributed by atoms with Crippen molar-refractivity contribution in [3.8, 4) is 5.88 Å². The van der Waals surface area contributed by atoms with Crippen LogP contribution >= 0.6 is 10.7 Å². The van der Waals surface area contributed by atoms with Crippen molar-refractivity contribution in [2.75, 3.05) is 0 Å². The molecule has 0 unspecified atom stereocenters. The van der Waals surface area contributed by atoms with E-state index in [1.165, 1.54) is 0 Å². The van der Waals surface area contributed by atoms with Gasteiger partial charge >= 0.3 is 12.0 Å². The molecule has 1 heterocycles. The van der Waals surface area contributed by atoms with E-state index in [4.69, 9.17) is 10.7 Å². The van der Waals surface area contributed by atoms with E-state index in [0.717, 1.165) is 0 Å². The smallest absolute Gasteiger partial charge is 0.388 e. The number of hydrogen-bond donors (Lipinski definition) is 1. The van der Waals surface area contributed by atoms with Crippen LogP contribution in [0.1, 0.15) is 0 Å². The number of rotatable bonds is 3. The number of alkyl halides is 3. The lowest BCUT2D eigenvalue weighted by molar-refractivity contribution is -0.386. The second-order valence-electron chi connectivity index (χ2n) is 2.90. The number of halogens is 4. The van der Waals surface area contributed by atoms with Crippen molar-refractivity contribution in [1.82, 2.24) is 4.98 Å². The summed E-state index contributed by atoms with van der Waals surface area (Å²) in [6.07, 6.45) is -5.07. The summed E-state index contributed by atoms with van der Waals surface area (Å²) in [5.41, 5.74) is -3.12. The number of nitro groups is 1.